The minimum atomic E-state index is -4.93. The molecule has 0 aliphatic heterocycles. The number of halogens is 4. The average Bonchev–Trinajstić information content (AvgIpc) is 2.36. The van der Waals surface area contributed by atoms with E-state index in [9.17, 15) is 32.9 Å². The number of nitro benzene ring substituents is 1. The van der Waals surface area contributed by atoms with Gasteiger partial charge in [-0.15, -0.1) is 0 Å². The van der Waals surface area contributed by atoms with Crippen molar-refractivity contribution in [2.75, 3.05) is 0 Å². The normalized spacial score (nSPS) is 11.5. The Bertz CT molecular complexity index is 841. The molecule has 0 saturated carbocycles. The number of hydrogen-bond acceptors (Lipinski definition) is 4. The van der Waals surface area contributed by atoms with E-state index < -0.39 is 39.4 Å². The van der Waals surface area contributed by atoms with Crippen molar-refractivity contribution in [2.45, 2.75) is 6.18 Å². The van der Waals surface area contributed by atoms with Crippen LogP contribution < -0.4 is 11.2 Å². The molecule has 11 heteroatoms. The molecule has 1 N–H and O–H groups in total. The summed E-state index contributed by atoms with van der Waals surface area (Å²) in [4.78, 5) is 35.0. The van der Waals surface area contributed by atoms with Gasteiger partial charge in [-0.2, -0.15) is 13.2 Å². The predicted octanol–water partition coefficient (Wildman–Crippen LogP) is 2.11. The Labute approximate surface area is 123 Å². The van der Waals surface area contributed by atoms with E-state index in [2.05, 4.69) is 0 Å². The van der Waals surface area contributed by atoms with Gasteiger partial charge in [0.15, 0.2) is 0 Å². The summed E-state index contributed by atoms with van der Waals surface area (Å²) in [7, 11) is 0. The van der Waals surface area contributed by atoms with Gasteiger partial charge in [0.2, 0.25) is 0 Å². The van der Waals surface area contributed by atoms with Gasteiger partial charge < -0.3 is 4.98 Å². The smallest absolute Gasteiger partial charge is 0.303 e. The van der Waals surface area contributed by atoms with E-state index in [1.807, 2.05) is 0 Å². The van der Waals surface area contributed by atoms with Gasteiger partial charge in [0.05, 0.1) is 4.92 Å². The van der Waals surface area contributed by atoms with Gasteiger partial charge >= 0.3 is 11.9 Å². The van der Waals surface area contributed by atoms with E-state index in [0.717, 1.165) is 18.2 Å². The molecule has 116 valence electrons. The van der Waals surface area contributed by atoms with Crippen LogP contribution in [0.4, 0.5) is 18.9 Å². The molecule has 22 heavy (non-hydrogen) atoms. The highest BCUT2D eigenvalue weighted by Crippen LogP contribution is 2.27. The van der Waals surface area contributed by atoms with Crippen LogP contribution >= 0.6 is 11.6 Å². The summed E-state index contributed by atoms with van der Waals surface area (Å²) in [6, 6.07) is 3.14. The maximum Gasteiger partial charge on any atom is 0.431 e. The van der Waals surface area contributed by atoms with Crippen LogP contribution in [0.2, 0.25) is 5.02 Å². The number of nitrogens with zero attached hydrogens (tertiary/aromatic N) is 2. The lowest BCUT2D eigenvalue weighted by molar-refractivity contribution is -0.384. The molecule has 7 nitrogen and oxygen atoms in total. The lowest BCUT2D eigenvalue weighted by Crippen LogP contribution is -2.36. The summed E-state index contributed by atoms with van der Waals surface area (Å²) in [5.41, 5.74) is -5.58. The summed E-state index contributed by atoms with van der Waals surface area (Å²) in [5, 5.41) is 10.9. The molecule has 0 radical (unpaired) electrons. The van der Waals surface area contributed by atoms with Gasteiger partial charge in [0.25, 0.3) is 11.2 Å². The minimum absolute atomic E-state index is 0.0354. The van der Waals surface area contributed by atoms with Crippen molar-refractivity contribution in [2.24, 2.45) is 0 Å². The Morgan fingerprint density at radius 2 is 1.86 bits per heavy atom. The Hall–Kier alpha value is -2.62. The first kappa shape index (κ1) is 15.8. The summed E-state index contributed by atoms with van der Waals surface area (Å²) < 4.78 is 37.7. The van der Waals surface area contributed by atoms with Crippen LogP contribution in [0.3, 0.4) is 0 Å². The van der Waals surface area contributed by atoms with E-state index in [0.29, 0.717) is 0 Å². The van der Waals surface area contributed by atoms with Crippen molar-refractivity contribution in [1.29, 1.82) is 0 Å². The standard InChI is InChI=1S/C11H5ClF3N3O4/c12-5-1-2-6(18(21)22)7(3-5)17-9(19)4-8(11(13,14)15)16-10(17)20/h1-4H,(H,16,20). The molecular formula is C11H5ClF3N3O4. The van der Waals surface area contributed by atoms with Crippen LogP contribution in [0.5, 0.6) is 0 Å². The average molecular weight is 336 g/mol. The number of nitro groups is 1. The number of hydrogen-bond donors (Lipinski definition) is 1. The summed E-state index contributed by atoms with van der Waals surface area (Å²) in [6.45, 7) is 0. The third kappa shape index (κ3) is 2.86. The number of benzene rings is 1. The zero-order valence-electron chi connectivity index (χ0n) is 10.3. The maximum absolute atomic E-state index is 12.5. The Kier molecular flexibility index (Phi) is 3.79. The molecule has 0 spiro atoms. The van der Waals surface area contributed by atoms with Crippen LogP contribution in [0, 0.1) is 10.1 Å². The fourth-order valence-electron chi connectivity index (χ4n) is 1.71. The number of alkyl halides is 3. The van der Waals surface area contributed by atoms with Crippen molar-refractivity contribution in [1.82, 2.24) is 9.55 Å². The molecule has 0 aliphatic carbocycles. The van der Waals surface area contributed by atoms with Crippen LogP contribution in [0.15, 0.2) is 33.9 Å². The van der Waals surface area contributed by atoms with E-state index in [-0.39, 0.29) is 15.7 Å². The molecule has 2 aromatic rings. The molecule has 1 aromatic heterocycles. The van der Waals surface area contributed by atoms with Crippen molar-refractivity contribution < 1.29 is 18.1 Å². The van der Waals surface area contributed by atoms with E-state index in [1.165, 1.54) is 4.98 Å². The molecule has 0 unspecified atom stereocenters. The van der Waals surface area contributed by atoms with Gasteiger partial charge in [0.1, 0.15) is 11.4 Å². The van der Waals surface area contributed by atoms with E-state index >= 15 is 0 Å². The van der Waals surface area contributed by atoms with E-state index in [4.69, 9.17) is 11.6 Å². The predicted molar refractivity (Wildman–Crippen MR) is 69.3 cm³/mol. The van der Waals surface area contributed by atoms with Gasteiger partial charge in [-0.05, 0) is 12.1 Å². The summed E-state index contributed by atoms with van der Waals surface area (Å²) >= 11 is 5.65. The minimum Gasteiger partial charge on any atom is -0.303 e. The number of H-pyrrole nitrogens is 1. The van der Waals surface area contributed by atoms with Crippen LogP contribution in [-0.4, -0.2) is 14.5 Å². The van der Waals surface area contributed by atoms with Crippen molar-refractivity contribution >= 4 is 17.3 Å². The van der Waals surface area contributed by atoms with Crippen molar-refractivity contribution in [3.05, 3.63) is 65.9 Å². The van der Waals surface area contributed by atoms with Crippen molar-refractivity contribution in [3.8, 4) is 5.69 Å². The fourth-order valence-corrected chi connectivity index (χ4v) is 1.87. The quantitative estimate of drug-likeness (QED) is 0.671. The molecule has 0 fully saturated rings. The maximum atomic E-state index is 12.5. The molecule has 0 aliphatic rings. The van der Waals surface area contributed by atoms with Gasteiger partial charge in [-0.1, -0.05) is 11.6 Å². The highest BCUT2D eigenvalue weighted by atomic mass is 35.5. The zero-order chi connectivity index (χ0) is 16.7. The second-order valence-electron chi connectivity index (χ2n) is 4.05. The van der Waals surface area contributed by atoms with Gasteiger partial charge in [-0.25, -0.2) is 9.36 Å². The fraction of sp³-hybridized carbons (Fsp3) is 0.0909. The third-order valence-corrected chi connectivity index (χ3v) is 2.85. The number of rotatable bonds is 2. The first-order chi connectivity index (χ1) is 10.1. The topological polar surface area (TPSA) is 98.0 Å². The lowest BCUT2D eigenvalue weighted by atomic mass is 10.2. The Morgan fingerprint density at radius 3 is 2.36 bits per heavy atom. The summed E-state index contributed by atoms with van der Waals surface area (Å²) in [6.07, 6.45) is -4.93. The Balaban J connectivity index is 2.80. The van der Waals surface area contributed by atoms with Crippen molar-refractivity contribution in [3.63, 3.8) is 0 Å². The number of nitrogens with one attached hydrogen (secondary N) is 1. The molecule has 0 saturated heterocycles. The van der Waals surface area contributed by atoms with Gasteiger partial charge in [-0.3, -0.25) is 14.9 Å². The first-order valence-electron chi connectivity index (χ1n) is 5.49. The molecule has 1 aromatic carbocycles. The van der Waals surface area contributed by atoms with Crippen LogP contribution in [0.25, 0.3) is 5.69 Å². The zero-order valence-corrected chi connectivity index (χ0v) is 11.1. The number of aromatic amines is 1. The van der Waals surface area contributed by atoms with Crippen LogP contribution in [-0.2, 0) is 6.18 Å². The second kappa shape index (κ2) is 5.30. The van der Waals surface area contributed by atoms with Gasteiger partial charge in [0, 0.05) is 17.2 Å². The van der Waals surface area contributed by atoms with Crippen LogP contribution in [0.1, 0.15) is 5.69 Å². The van der Waals surface area contributed by atoms with E-state index in [1.54, 1.807) is 0 Å². The first-order valence-corrected chi connectivity index (χ1v) is 5.87. The highest BCUT2D eigenvalue weighted by molar-refractivity contribution is 6.30. The lowest BCUT2D eigenvalue weighted by Gasteiger charge is -2.09. The Morgan fingerprint density at radius 1 is 1.23 bits per heavy atom. The molecule has 2 rings (SSSR count). The molecule has 1 heterocycles. The second-order valence-corrected chi connectivity index (χ2v) is 4.49. The molecular weight excluding hydrogens is 331 g/mol. The third-order valence-electron chi connectivity index (χ3n) is 2.61. The monoisotopic (exact) mass is 335 g/mol. The molecule has 0 amide bonds. The molecule has 0 bridgehead atoms. The highest BCUT2D eigenvalue weighted by Gasteiger charge is 2.33. The SMILES string of the molecule is O=c1cc(C(F)(F)F)[nH]c(=O)n1-c1cc(Cl)ccc1[N+](=O)[O-]. The number of aromatic nitrogens is 2. The largest absolute Gasteiger partial charge is 0.431 e. The molecule has 0 atom stereocenters. The summed E-state index contributed by atoms with van der Waals surface area (Å²) in [5.74, 6) is 0.